The molecule has 0 aromatic heterocycles. The van der Waals surface area contributed by atoms with E-state index in [-0.39, 0.29) is 17.2 Å². The van der Waals surface area contributed by atoms with Gasteiger partial charge in [0.15, 0.2) is 11.5 Å². The van der Waals surface area contributed by atoms with Gasteiger partial charge < -0.3 is 18.9 Å². The molecule has 1 aromatic carbocycles. The van der Waals surface area contributed by atoms with E-state index in [4.69, 9.17) is 18.9 Å². The van der Waals surface area contributed by atoms with E-state index < -0.39 is 23.7 Å². The van der Waals surface area contributed by atoms with Crippen molar-refractivity contribution in [1.82, 2.24) is 0 Å². The Labute approximate surface area is 145 Å². The van der Waals surface area contributed by atoms with Gasteiger partial charge in [-0.15, -0.1) is 0 Å². The maximum Gasteiger partial charge on any atom is 0.348 e. The van der Waals surface area contributed by atoms with Crippen LogP contribution in [0.2, 0.25) is 0 Å². The second kappa shape index (κ2) is 6.96. The molecule has 0 N–H and O–H groups in total. The van der Waals surface area contributed by atoms with Gasteiger partial charge in [-0.2, -0.15) is 0 Å². The predicted molar refractivity (Wildman–Crippen MR) is 87.7 cm³/mol. The summed E-state index contributed by atoms with van der Waals surface area (Å²) in [6.07, 6.45) is 1.33. The van der Waals surface area contributed by atoms with E-state index in [0.717, 1.165) is 0 Å². The Kier molecular flexibility index (Phi) is 5.15. The van der Waals surface area contributed by atoms with E-state index >= 15 is 0 Å². The molecule has 0 radical (unpaired) electrons. The molecule has 0 unspecified atom stereocenters. The maximum absolute atomic E-state index is 12.0. The highest BCUT2D eigenvalue weighted by Crippen LogP contribution is 2.31. The number of hydrogen-bond acceptors (Lipinski definition) is 7. The lowest BCUT2D eigenvalue weighted by Crippen LogP contribution is -2.41. The quantitative estimate of drug-likeness (QED) is 0.357. The first-order valence-corrected chi connectivity index (χ1v) is 7.71. The molecule has 0 spiro atoms. The van der Waals surface area contributed by atoms with Crippen molar-refractivity contribution in [1.29, 1.82) is 0 Å². The van der Waals surface area contributed by atoms with Gasteiger partial charge in [-0.1, -0.05) is 19.9 Å². The number of esters is 3. The summed E-state index contributed by atoms with van der Waals surface area (Å²) in [4.78, 5) is 35.7. The fourth-order valence-corrected chi connectivity index (χ4v) is 2.03. The minimum atomic E-state index is -1.29. The second-order valence-corrected chi connectivity index (χ2v) is 6.22. The van der Waals surface area contributed by atoms with E-state index in [1.807, 2.05) is 0 Å². The van der Waals surface area contributed by atoms with Crippen molar-refractivity contribution < 1.29 is 33.3 Å². The summed E-state index contributed by atoms with van der Waals surface area (Å²) in [5.74, 6) is -2.98. The van der Waals surface area contributed by atoms with Gasteiger partial charge in [0.1, 0.15) is 5.57 Å². The highest BCUT2D eigenvalue weighted by molar-refractivity contribution is 6.18. The maximum atomic E-state index is 12.0. The molecule has 1 aliphatic rings. The Morgan fingerprint density at radius 2 is 1.72 bits per heavy atom. The van der Waals surface area contributed by atoms with Crippen molar-refractivity contribution in [2.45, 2.75) is 33.5 Å². The Bertz CT molecular complexity index is 722. The van der Waals surface area contributed by atoms with E-state index in [1.165, 1.54) is 39.2 Å². The van der Waals surface area contributed by atoms with Gasteiger partial charge in [-0.25, -0.2) is 9.59 Å². The van der Waals surface area contributed by atoms with Crippen LogP contribution in [0.5, 0.6) is 11.5 Å². The number of methoxy groups -OCH3 is 1. The van der Waals surface area contributed by atoms with Gasteiger partial charge in [0, 0.05) is 13.8 Å². The van der Waals surface area contributed by atoms with Crippen molar-refractivity contribution in [3.63, 3.8) is 0 Å². The van der Waals surface area contributed by atoms with Crippen LogP contribution in [0.3, 0.4) is 0 Å². The summed E-state index contributed by atoms with van der Waals surface area (Å²) < 4.78 is 20.5. The zero-order valence-corrected chi connectivity index (χ0v) is 14.7. The average molecular weight is 348 g/mol. The smallest absolute Gasteiger partial charge is 0.348 e. The Balaban J connectivity index is 2.30. The lowest BCUT2D eigenvalue weighted by atomic mass is 10.1. The van der Waals surface area contributed by atoms with Crippen LogP contribution in [-0.4, -0.2) is 30.8 Å². The van der Waals surface area contributed by atoms with Crippen LogP contribution >= 0.6 is 0 Å². The number of carbonyl (C=O) groups is 3. The van der Waals surface area contributed by atoms with Crippen molar-refractivity contribution in [2.75, 3.05) is 7.11 Å². The third-order valence-corrected chi connectivity index (χ3v) is 3.30. The normalized spacial score (nSPS) is 16.2. The lowest BCUT2D eigenvalue weighted by molar-refractivity contribution is -0.222. The molecule has 1 aromatic rings. The van der Waals surface area contributed by atoms with Gasteiger partial charge >= 0.3 is 17.9 Å². The Morgan fingerprint density at radius 3 is 2.24 bits per heavy atom. The zero-order valence-electron chi connectivity index (χ0n) is 14.7. The predicted octanol–water partition coefficient (Wildman–Crippen LogP) is 2.48. The molecule has 1 fully saturated rings. The number of carbonyl (C=O) groups excluding carboxylic acids is 3. The largest absolute Gasteiger partial charge is 0.493 e. The van der Waals surface area contributed by atoms with Gasteiger partial charge in [0.05, 0.1) is 13.0 Å². The third-order valence-electron chi connectivity index (χ3n) is 3.30. The number of benzene rings is 1. The summed E-state index contributed by atoms with van der Waals surface area (Å²) >= 11 is 0. The molecule has 0 bridgehead atoms. The fraction of sp³-hybridized carbons (Fsp3) is 0.389. The minimum absolute atomic E-state index is 0.228. The molecule has 25 heavy (non-hydrogen) atoms. The molecule has 7 nitrogen and oxygen atoms in total. The zero-order chi connectivity index (χ0) is 18.8. The molecule has 0 saturated carbocycles. The molecule has 0 aliphatic carbocycles. The van der Waals surface area contributed by atoms with Crippen LogP contribution in [0.1, 0.15) is 33.3 Å². The summed E-state index contributed by atoms with van der Waals surface area (Å²) in [5.41, 5.74) is 0.262. The van der Waals surface area contributed by atoms with Gasteiger partial charge in [0.25, 0.3) is 5.79 Å². The topological polar surface area (TPSA) is 88.1 Å². The SMILES string of the molecule is COc1cc(C=C2C(=O)OC(C)(C)OC2=O)ccc1OC(=O)C(C)C. The van der Waals surface area contributed by atoms with E-state index in [0.29, 0.717) is 11.3 Å². The van der Waals surface area contributed by atoms with Crippen molar-refractivity contribution >= 4 is 24.0 Å². The van der Waals surface area contributed by atoms with E-state index in [1.54, 1.807) is 19.9 Å². The van der Waals surface area contributed by atoms with Crippen molar-refractivity contribution in [3.05, 3.63) is 29.3 Å². The highest BCUT2D eigenvalue weighted by Gasteiger charge is 2.38. The second-order valence-electron chi connectivity index (χ2n) is 6.22. The van der Waals surface area contributed by atoms with E-state index in [9.17, 15) is 14.4 Å². The van der Waals surface area contributed by atoms with Gasteiger partial charge in [-0.05, 0) is 23.8 Å². The summed E-state index contributed by atoms with van der Waals surface area (Å²) in [7, 11) is 1.42. The molecular formula is C18H20O7. The summed E-state index contributed by atoms with van der Waals surface area (Å²) in [5, 5.41) is 0. The molecule has 7 heteroatoms. The molecule has 134 valence electrons. The monoisotopic (exact) mass is 348 g/mol. The lowest BCUT2D eigenvalue weighted by Gasteiger charge is -2.29. The molecule has 0 atom stereocenters. The van der Waals surface area contributed by atoms with Crippen molar-refractivity contribution in [3.8, 4) is 11.5 Å². The number of hydrogen-bond donors (Lipinski definition) is 0. The first-order chi connectivity index (χ1) is 11.6. The standard InChI is InChI=1S/C18H20O7/c1-10(2)15(19)23-13-7-6-11(9-14(13)22-5)8-12-16(20)24-18(3,4)25-17(12)21/h6-10H,1-5H3. The van der Waals surface area contributed by atoms with Crippen LogP contribution in [0.4, 0.5) is 0 Å². The first-order valence-electron chi connectivity index (χ1n) is 7.71. The Hall–Kier alpha value is -2.83. The summed E-state index contributed by atoms with van der Waals surface area (Å²) in [6, 6.07) is 4.64. The molecule has 1 heterocycles. The van der Waals surface area contributed by atoms with Gasteiger partial charge in [0.2, 0.25) is 0 Å². The van der Waals surface area contributed by atoms with Crippen molar-refractivity contribution in [2.24, 2.45) is 5.92 Å². The molecule has 0 amide bonds. The minimum Gasteiger partial charge on any atom is -0.493 e. The van der Waals surface area contributed by atoms with Gasteiger partial charge in [-0.3, -0.25) is 4.79 Å². The third kappa shape index (κ3) is 4.37. The van der Waals surface area contributed by atoms with Crippen LogP contribution < -0.4 is 9.47 Å². The number of ether oxygens (including phenoxy) is 4. The summed E-state index contributed by atoms with van der Waals surface area (Å²) in [6.45, 7) is 6.38. The first kappa shape index (κ1) is 18.5. The Morgan fingerprint density at radius 1 is 1.12 bits per heavy atom. The molecule has 2 rings (SSSR count). The van der Waals surface area contributed by atoms with Crippen LogP contribution in [-0.2, 0) is 23.9 Å². The fourth-order valence-electron chi connectivity index (χ4n) is 2.03. The molecular weight excluding hydrogens is 328 g/mol. The van der Waals surface area contributed by atoms with Crippen LogP contribution in [0.25, 0.3) is 6.08 Å². The molecule has 1 aliphatic heterocycles. The van der Waals surface area contributed by atoms with Crippen LogP contribution in [0.15, 0.2) is 23.8 Å². The molecule has 1 saturated heterocycles. The number of rotatable bonds is 4. The van der Waals surface area contributed by atoms with E-state index in [2.05, 4.69) is 0 Å². The average Bonchev–Trinajstić information content (AvgIpc) is 2.50. The highest BCUT2D eigenvalue weighted by atomic mass is 16.7. The number of cyclic esters (lactones) is 2. The van der Waals surface area contributed by atoms with Crippen LogP contribution in [0, 0.1) is 5.92 Å².